The lowest BCUT2D eigenvalue weighted by atomic mass is 9.74. The second-order valence-corrected chi connectivity index (χ2v) is 5.33. The molecular formula is C15H25N3. The minimum atomic E-state index is 0.580. The summed E-state index contributed by atoms with van der Waals surface area (Å²) < 4.78 is 0. The summed E-state index contributed by atoms with van der Waals surface area (Å²) in [6.45, 7) is 6.95. The number of nitrogens with zero attached hydrogens (tertiary/aromatic N) is 2. The van der Waals surface area contributed by atoms with Crippen LogP contribution in [0.5, 0.6) is 0 Å². The van der Waals surface area contributed by atoms with Gasteiger partial charge in [-0.25, -0.2) is 4.98 Å². The molecule has 1 aromatic heterocycles. The molecule has 0 aliphatic carbocycles. The summed E-state index contributed by atoms with van der Waals surface area (Å²) in [6, 6.07) is 6.21. The van der Waals surface area contributed by atoms with Crippen LogP contribution in [0.1, 0.15) is 39.5 Å². The first-order valence-corrected chi connectivity index (χ1v) is 7.13. The van der Waals surface area contributed by atoms with Crippen LogP contribution in [-0.4, -0.2) is 25.1 Å². The van der Waals surface area contributed by atoms with Gasteiger partial charge in [0.25, 0.3) is 0 Å². The molecule has 3 heteroatoms. The number of hydrogen-bond donors (Lipinski definition) is 1. The standard InChI is InChI=1S/C15H25N3/c1-4-15(5-2)9-11-18(12-10-15)14-8-6-7-13(16-3)17-14/h6-8H,4-5,9-12H2,1-3H3,(H,16,17). The molecule has 1 N–H and O–H groups in total. The molecule has 2 heterocycles. The first-order chi connectivity index (χ1) is 8.73. The summed E-state index contributed by atoms with van der Waals surface area (Å²) in [7, 11) is 1.92. The molecule has 0 aromatic carbocycles. The van der Waals surface area contributed by atoms with Crippen molar-refractivity contribution in [2.24, 2.45) is 5.41 Å². The monoisotopic (exact) mass is 247 g/mol. The van der Waals surface area contributed by atoms with Crippen molar-refractivity contribution >= 4 is 11.6 Å². The number of anilines is 2. The molecule has 0 bridgehead atoms. The molecule has 3 nitrogen and oxygen atoms in total. The highest BCUT2D eigenvalue weighted by atomic mass is 15.2. The minimum Gasteiger partial charge on any atom is -0.373 e. The lowest BCUT2D eigenvalue weighted by Crippen LogP contribution is -2.40. The number of nitrogens with one attached hydrogen (secondary N) is 1. The Morgan fingerprint density at radius 2 is 1.89 bits per heavy atom. The Morgan fingerprint density at radius 3 is 2.44 bits per heavy atom. The lowest BCUT2D eigenvalue weighted by molar-refractivity contribution is 0.199. The van der Waals surface area contributed by atoms with E-state index in [4.69, 9.17) is 0 Å². The maximum Gasteiger partial charge on any atom is 0.130 e. The van der Waals surface area contributed by atoms with Gasteiger partial charge >= 0.3 is 0 Å². The fourth-order valence-corrected chi connectivity index (χ4v) is 2.91. The molecule has 0 unspecified atom stereocenters. The van der Waals surface area contributed by atoms with Gasteiger partial charge in [-0.15, -0.1) is 0 Å². The van der Waals surface area contributed by atoms with Gasteiger partial charge in [0.15, 0.2) is 0 Å². The van der Waals surface area contributed by atoms with E-state index in [0.29, 0.717) is 5.41 Å². The molecule has 0 atom stereocenters. The van der Waals surface area contributed by atoms with Crippen molar-refractivity contribution in [3.8, 4) is 0 Å². The van der Waals surface area contributed by atoms with E-state index in [1.54, 1.807) is 0 Å². The minimum absolute atomic E-state index is 0.580. The van der Waals surface area contributed by atoms with E-state index in [2.05, 4.69) is 41.2 Å². The molecule has 1 aromatic rings. The largest absolute Gasteiger partial charge is 0.373 e. The summed E-state index contributed by atoms with van der Waals surface area (Å²) >= 11 is 0. The first kappa shape index (κ1) is 13.2. The van der Waals surface area contributed by atoms with E-state index in [1.165, 1.54) is 25.7 Å². The number of pyridine rings is 1. The number of rotatable bonds is 4. The fraction of sp³-hybridized carbons (Fsp3) is 0.667. The van der Waals surface area contributed by atoms with E-state index >= 15 is 0 Å². The summed E-state index contributed by atoms with van der Waals surface area (Å²) in [5.74, 6) is 2.07. The van der Waals surface area contributed by atoms with E-state index in [1.807, 2.05) is 13.1 Å². The van der Waals surface area contributed by atoms with Crippen LogP contribution in [0.2, 0.25) is 0 Å². The maximum atomic E-state index is 4.63. The van der Waals surface area contributed by atoms with Gasteiger partial charge in [0.1, 0.15) is 11.6 Å². The predicted molar refractivity (Wildman–Crippen MR) is 78.2 cm³/mol. The molecule has 1 saturated heterocycles. The Balaban J connectivity index is 2.04. The summed E-state index contributed by atoms with van der Waals surface area (Å²) in [4.78, 5) is 7.05. The van der Waals surface area contributed by atoms with E-state index in [0.717, 1.165) is 24.7 Å². The summed E-state index contributed by atoms with van der Waals surface area (Å²) in [6.07, 6.45) is 5.21. The third-order valence-electron chi connectivity index (χ3n) is 4.64. The second-order valence-electron chi connectivity index (χ2n) is 5.33. The van der Waals surface area contributed by atoms with Crippen molar-refractivity contribution in [3.05, 3.63) is 18.2 Å². The van der Waals surface area contributed by atoms with Crippen LogP contribution in [0.3, 0.4) is 0 Å². The van der Waals surface area contributed by atoms with Crippen LogP contribution in [0.25, 0.3) is 0 Å². The van der Waals surface area contributed by atoms with Gasteiger partial charge in [-0.1, -0.05) is 32.8 Å². The number of piperidine rings is 1. The Hall–Kier alpha value is -1.25. The zero-order valence-corrected chi connectivity index (χ0v) is 11.9. The van der Waals surface area contributed by atoms with Gasteiger partial charge < -0.3 is 10.2 Å². The third-order valence-corrected chi connectivity index (χ3v) is 4.64. The molecule has 100 valence electrons. The van der Waals surface area contributed by atoms with Crippen molar-refractivity contribution < 1.29 is 0 Å². The maximum absolute atomic E-state index is 4.63. The molecule has 1 aliphatic heterocycles. The highest BCUT2D eigenvalue weighted by Crippen LogP contribution is 2.38. The molecule has 0 spiro atoms. The third kappa shape index (κ3) is 2.60. The van der Waals surface area contributed by atoms with Crippen LogP contribution in [0.15, 0.2) is 18.2 Å². The normalized spacial score (nSPS) is 18.7. The Morgan fingerprint density at radius 1 is 1.22 bits per heavy atom. The summed E-state index contributed by atoms with van der Waals surface area (Å²) in [5, 5.41) is 3.11. The first-order valence-electron chi connectivity index (χ1n) is 7.13. The Bertz CT molecular complexity index is 375. The molecule has 18 heavy (non-hydrogen) atoms. The van der Waals surface area contributed by atoms with Crippen molar-refractivity contribution in [1.29, 1.82) is 0 Å². The van der Waals surface area contributed by atoms with Crippen molar-refractivity contribution in [1.82, 2.24) is 4.98 Å². The van der Waals surface area contributed by atoms with Crippen LogP contribution in [-0.2, 0) is 0 Å². The highest BCUT2D eigenvalue weighted by molar-refractivity contribution is 5.47. The summed E-state index contributed by atoms with van der Waals surface area (Å²) in [5.41, 5.74) is 0.580. The van der Waals surface area contributed by atoms with Gasteiger partial charge in [-0.05, 0) is 30.4 Å². The van der Waals surface area contributed by atoms with Crippen molar-refractivity contribution in [2.45, 2.75) is 39.5 Å². The van der Waals surface area contributed by atoms with Gasteiger partial charge in [-0.3, -0.25) is 0 Å². The quantitative estimate of drug-likeness (QED) is 0.882. The average Bonchev–Trinajstić information content (AvgIpc) is 2.47. The van der Waals surface area contributed by atoms with Gasteiger partial charge in [0, 0.05) is 20.1 Å². The van der Waals surface area contributed by atoms with Crippen LogP contribution in [0.4, 0.5) is 11.6 Å². The molecule has 0 saturated carbocycles. The van der Waals surface area contributed by atoms with Crippen LogP contribution < -0.4 is 10.2 Å². The van der Waals surface area contributed by atoms with E-state index in [9.17, 15) is 0 Å². The van der Waals surface area contributed by atoms with Gasteiger partial charge in [0.05, 0.1) is 0 Å². The highest BCUT2D eigenvalue weighted by Gasteiger charge is 2.31. The average molecular weight is 247 g/mol. The van der Waals surface area contributed by atoms with E-state index in [-0.39, 0.29) is 0 Å². The van der Waals surface area contributed by atoms with E-state index < -0.39 is 0 Å². The molecular weight excluding hydrogens is 222 g/mol. The van der Waals surface area contributed by atoms with Crippen LogP contribution in [0, 0.1) is 5.41 Å². The molecule has 0 amide bonds. The Kier molecular flexibility index (Phi) is 4.10. The zero-order chi connectivity index (χ0) is 13.0. The molecule has 1 aliphatic rings. The van der Waals surface area contributed by atoms with Crippen LogP contribution >= 0.6 is 0 Å². The predicted octanol–water partition coefficient (Wildman–Crippen LogP) is 3.53. The van der Waals surface area contributed by atoms with Crippen molar-refractivity contribution in [3.63, 3.8) is 0 Å². The van der Waals surface area contributed by atoms with Gasteiger partial charge in [-0.2, -0.15) is 0 Å². The fourth-order valence-electron chi connectivity index (χ4n) is 2.91. The second kappa shape index (κ2) is 5.59. The smallest absolute Gasteiger partial charge is 0.130 e. The molecule has 1 fully saturated rings. The van der Waals surface area contributed by atoms with Crippen molar-refractivity contribution in [2.75, 3.05) is 30.4 Å². The SMILES string of the molecule is CCC1(CC)CCN(c2cccc(NC)n2)CC1. The van der Waals surface area contributed by atoms with Gasteiger partial charge in [0.2, 0.25) is 0 Å². The number of aromatic nitrogens is 1. The number of hydrogen-bond acceptors (Lipinski definition) is 3. The Labute approximate surface area is 111 Å². The topological polar surface area (TPSA) is 28.2 Å². The zero-order valence-electron chi connectivity index (χ0n) is 11.9. The molecule has 2 rings (SSSR count). The lowest BCUT2D eigenvalue weighted by Gasteiger charge is -2.41. The molecule has 0 radical (unpaired) electrons.